The van der Waals surface area contributed by atoms with Crippen molar-refractivity contribution >= 4 is 39.0 Å². The molecule has 0 aliphatic carbocycles. The van der Waals surface area contributed by atoms with E-state index in [1.165, 1.54) is 42.6 Å². The predicted molar refractivity (Wildman–Crippen MR) is 167 cm³/mol. The average Bonchev–Trinajstić information content (AvgIpc) is 3.31. The van der Waals surface area contributed by atoms with Gasteiger partial charge in [0.2, 0.25) is 0 Å². The Kier molecular flexibility index (Phi) is 14.7. The normalized spacial score (nSPS) is 10.8. The zero-order chi connectivity index (χ0) is 32.7. The van der Waals surface area contributed by atoms with Crippen molar-refractivity contribution in [1.82, 2.24) is 24.0 Å². The summed E-state index contributed by atoms with van der Waals surface area (Å²) in [5, 5.41) is 3.88. The summed E-state index contributed by atoms with van der Waals surface area (Å²) in [5.74, 6) is -0.127. The molecular formula is C29H39N5O8S2. The first-order chi connectivity index (χ1) is 21.0. The number of rotatable bonds is 12. The van der Waals surface area contributed by atoms with Gasteiger partial charge in [-0.3, -0.25) is 4.79 Å². The third kappa shape index (κ3) is 10.3. The quantitative estimate of drug-likeness (QED) is 0.281. The van der Waals surface area contributed by atoms with Gasteiger partial charge in [-0.05, 0) is 37.0 Å². The first-order valence-electron chi connectivity index (χ1n) is 14.0. The van der Waals surface area contributed by atoms with Gasteiger partial charge in [0.25, 0.3) is 15.3 Å². The Morgan fingerprint density at radius 1 is 0.955 bits per heavy atom. The number of carbonyl (C=O) groups is 3. The number of aromatic nitrogens is 3. The summed E-state index contributed by atoms with van der Waals surface area (Å²) in [6, 6.07) is 13.8. The molecule has 1 aromatic heterocycles. The maximum absolute atomic E-state index is 12.5. The first-order valence-corrected chi connectivity index (χ1v) is 16.5. The van der Waals surface area contributed by atoms with E-state index in [1.807, 2.05) is 30.0 Å². The van der Waals surface area contributed by atoms with Crippen LogP contribution in [-0.4, -0.2) is 71.7 Å². The lowest BCUT2D eigenvalue weighted by Crippen LogP contribution is -2.40. The third-order valence-corrected chi connectivity index (χ3v) is 8.18. The van der Waals surface area contributed by atoms with E-state index < -0.39 is 32.6 Å². The highest BCUT2D eigenvalue weighted by Crippen LogP contribution is 2.17. The molecule has 13 nitrogen and oxygen atoms in total. The van der Waals surface area contributed by atoms with Crippen molar-refractivity contribution in [2.75, 3.05) is 26.8 Å². The lowest BCUT2D eigenvalue weighted by molar-refractivity contribution is 0.0596. The Labute approximate surface area is 261 Å². The molecule has 0 saturated heterocycles. The average molecular weight is 650 g/mol. The lowest BCUT2D eigenvalue weighted by atomic mass is 10.2. The summed E-state index contributed by atoms with van der Waals surface area (Å²) in [7, 11) is -2.06. The maximum atomic E-state index is 12.5. The number of methoxy groups -OCH3 is 1. The molecule has 1 N–H and O–H groups in total. The van der Waals surface area contributed by atoms with Gasteiger partial charge >= 0.3 is 23.7 Å². The molecule has 0 fully saturated rings. The summed E-state index contributed by atoms with van der Waals surface area (Å²) >= 11 is 1.40. The molecule has 0 unspecified atom stereocenters. The van der Waals surface area contributed by atoms with Gasteiger partial charge in [-0.2, -0.15) is 0 Å². The molecule has 2 aromatic carbocycles. The zero-order valence-electron chi connectivity index (χ0n) is 25.5. The van der Waals surface area contributed by atoms with Crippen LogP contribution in [0.25, 0.3) is 0 Å². The van der Waals surface area contributed by atoms with E-state index >= 15 is 0 Å². The SMILES string of the molecule is CCCN(CCC)C(=O)SCc1ccccc1.CCCOc1nn(C(=O)NS(=O)(=O)c2ccccc2C(=O)OC)c(=O)n1C. The molecule has 3 rings (SSSR count). The van der Waals surface area contributed by atoms with Crippen LogP contribution in [0.15, 0.2) is 64.3 Å². The molecular weight excluding hydrogens is 610 g/mol. The van der Waals surface area contributed by atoms with Crippen molar-refractivity contribution < 1.29 is 32.3 Å². The number of amides is 2. The third-order valence-electron chi connectivity index (χ3n) is 5.82. The number of thioether (sulfide) groups is 1. The second-order valence-corrected chi connectivity index (χ2v) is 11.9. The molecule has 3 aromatic rings. The molecule has 44 heavy (non-hydrogen) atoms. The molecule has 1 heterocycles. The fraction of sp³-hybridized carbons (Fsp3) is 0.414. The van der Waals surface area contributed by atoms with Crippen LogP contribution in [0.3, 0.4) is 0 Å². The van der Waals surface area contributed by atoms with E-state index in [2.05, 4.69) is 35.8 Å². The smallest absolute Gasteiger partial charge is 0.360 e. The number of benzene rings is 2. The second kappa shape index (κ2) is 17.9. The van der Waals surface area contributed by atoms with Gasteiger partial charge < -0.3 is 14.4 Å². The fourth-order valence-corrected chi connectivity index (χ4v) is 5.68. The van der Waals surface area contributed by atoms with Crippen LogP contribution < -0.4 is 15.1 Å². The van der Waals surface area contributed by atoms with Crippen LogP contribution in [0.2, 0.25) is 0 Å². The van der Waals surface area contributed by atoms with Crippen LogP contribution in [0.5, 0.6) is 6.01 Å². The summed E-state index contributed by atoms with van der Waals surface area (Å²) < 4.78 is 37.8. The predicted octanol–water partition coefficient (Wildman–Crippen LogP) is 4.27. The summed E-state index contributed by atoms with van der Waals surface area (Å²) in [6.45, 7) is 8.06. The molecule has 0 spiro atoms. The number of esters is 1. The van der Waals surface area contributed by atoms with Gasteiger partial charge in [0.1, 0.15) is 4.90 Å². The monoisotopic (exact) mass is 649 g/mol. The van der Waals surface area contributed by atoms with Crippen molar-refractivity contribution in [1.29, 1.82) is 0 Å². The molecule has 2 amide bonds. The minimum Gasteiger partial charge on any atom is -0.465 e. The highest BCUT2D eigenvalue weighted by Gasteiger charge is 2.27. The first kappa shape index (κ1) is 36.1. The van der Waals surface area contributed by atoms with Gasteiger partial charge in [-0.25, -0.2) is 32.1 Å². The topological polar surface area (TPSA) is 159 Å². The number of carbonyl (C=O) groups excluding carboxylic acids is 3. The van der Waals surface area contributed by atoms with E-state index in [4.69, 9.17) is 4.74 Å². The van der Waals surface area contributed by atoms with E-state index in [0.29, 0.717) is 11.1 Å². The Morgan fingerprint density at radius 2 is 1.57 bits per heavy atom. The number of nitrogens with zero attached hydrogens (tertiary/aromatic N) is 4. The van der Waals surface area contributed by atoms with Crippen LogP contribution in [-0.2, 0) is 27.6 Å². The lowest BCUT2D eigenvalue weighted by Gasteiger charge is -2.20. The van der Waals surface area contributed by atoms with Gasteiger partial charge in [0.15, 0.2) is 0 Å². The Bertz CT molecular complexity index is 1550. The number of sulfonamides is 1. The van der Waals surface area contributed by atoms with Crippen molar-refractivity contribution in [3.05, 3.63) is 76.2 Å². The molecule has 240 valence electrons. The standard InChI is InChI=1S/C15H18N4O7S.C14H21NOS/c1-4-9-26-14-16-19(15(22)18(14)2)13(21)17-27(23,24)11-8-6-5-7-10(11)12(20)25-3;1-3-10-15(11-4-2)14(16)17-12-13-8-6-5-7-9-13/h5-8H,4,9H2,1-3H3,(H,17,21);5-9H,3-4,10-12H2,1-2H3. The van der Waals surface area contributed by atoms with E-state index in [0.717, 1.165) is 49.4 Å². The number of ether oxygens (including phenoxy) is 2. The largest absolute Gasteiger partial charge is 0.465 e. The van der Waals surface area contributed by atoms with Gasteiger partial charge in [-0.1, -0.05) is 75.0 Å². The molecule has 0 saturated carbocycles. The maximum Gasteiger partial charge on any atom is 0.360 e. The second-order valence-electron chi connectivity index (χ2n) is 9.31. The van der Waals surface area contributed by atoms with Gasteiger partial charge in [0, 0.05) is 25.9 Å². The van der Waals surface area contributed by atoms with E-state index in [1.54, 1.807) is 4.72 Å². The summed E-state index contributed by atoms with van der Waals surface area (Å²) in [6.07, 6.45) is 2.70. The van der Waals surface area contributed by atoms with Gasteiger partial charge in [-0.15, -0.1) is 9.78 Å². The number of hydrogen-bond acceptors (Lipinski definition) is 10. The Hall–Kier alpha value is -4.11. The van der Waals surface area contributed by atoms with Gasteiger partial charge in [0.05, 0.1) is 19.3 Å². The molecule has 0 aliphatic rings. The minimum absolute atomic E-state index is 0.135. The van der Waals surface area contributed by atoms with Crippen LogP contribution in [0, 0.1) is 0 Å². The molecule has 15 heteroatoms. The Balaban J connectivity index is 0.000000342. The van der Waals surface area contributed by atoms with E-state index in [9.17, 15) is 27.6 Å². The number of nitrogens with one attached hydrogen (secondary N) is 1. The summed E-state index contributed by atoms with van der Waals surface area (Å²) in [4.78, 5) is 49.6. The minimum atomic E-state index is -4.48. The van der Waals surface area contributed by atoms with E-state index in [-0.39, 0.29) is 23.4 Å². The van der Waals surface area contributed by atoms with Crippen molar-refractivity contribution in [2.45, 2.75) is 50.7 Å². The molecule has 0 radical (unpaired) electrons. The van der Waals surface area contributed by atoms with Crippen molar-refractivity contribution in [3.63, 3.8) is 0 Å². The zero-order valence-corrected chi connectivity index (χ0v) is 27.2. The van der Waals surface area contributed by atoms with Crippen LogP contribution >= 0.6 is 11.8 Å². The fourth-order valence-electron chi connectivity index (χ4n) is 3.71. The number of hydrogen-bond donors (Lipinski definition) is 1. The highest BCUT2D eigenvalue weighted by molar-refractivity contribution is 8.12. The van der Waals surface area contributed by atoms with Crippen molar-refractivity contribution in [3.8, 4) is 6.01 Å². The highest BCUT2D eigenvalue weighted by atomic mass is 32.2. The Morgan fingerprint density at radius 3 is 2.16 bits per heavy atom. The van der Waals surface area contributed by atoms with Crippen LogP contribution in [0.1, 0.15) is 56.0 Å². The summed E-state index contributed by atoms with van der Waals surface area (Å²) in [5.41, 5.74) is 0.0505. The van der Waals surface area contributed by atoms with Crippen LogP contribution in [0.4, 0.5) is 9.59 Å². The van der Waals surface area contributed by atoms with Crippen molar-refractivity contribution in [2.24, 2.45) is 7.05 Å². The molecule has 0 bridgehead atoms. The molecule has 0 aliphatic heterocycles. The molecule has 0 atom stereocenters.